The summed E-state index contributed by atoms with van der Waals surface area (Å²) in [5.41, 5.74) is 2.02. The molecule has 1 heterocycles. The molecule has 10 heteroatoms. The maximum atomic E-state index is 13.2. The molecule has 3 rings (SSSR count). The minimum Gasteiger partial charge on any atom is -0.493 e. The van der Waals surface area contributed by atoms with Crippen LogP contribution in [0.2, 0.25) is 10.0 Å². The zero-order valence-electron chi connectivity index (χ0n) is 20.5. The largest absolute Gasteiger partial charge is 0.493 e. The molecule has 0 saturated carbocycles. The summed E-state index contributed by atoms with van der Waals surface area (Å²) in [6.07, 6.45) is -0.531. The summed E-state index contributed by atoms with van der Waals surface area (Å²) in [5.74, 6) is 0.932. The van der Waals surface area contributed by atoms with Gasteiger partial charge < -0.3 is 18.9 Å². The molecule has 0 N–H and O–H groups in total. The van der Waals surface area contributed by atoms with Crippen molar-refractivity contribution in [1.82, 2.24) is 4.90 Å². The molecule has 2 atom stereocenters. The summed E-state index contributed by atoms with van der Waals surface area (Å²) >= 11 is 12.4. The van der Waals surface area contributed by atoms with Crippen LogP contribution in [0.25, 0.3) is 0 Å². The molecule has 2 aromatic rings. The van der Waals surface area contributed by atoms with E-state index in [0.717, 1.165) is 5.56 Å². The second-order valence-corrected chi connectivity index (χ2v) is 8.91. The predicted octanol–water partition coefficient (Wildman–Crippen LogP) is 6.47. The first kappa shape index (κ1) is 26.8. The van der Waals surface area contributed by atoms with Crippen LogP contribution in [0.3, 0.4) is 0 Å². The number of carbonyl (C=O) groups is 2. The highest BCUT2D eigenvalue weighted by atomic mass is 35.5. The lowest BCUT2D eigenvalue weighted by atomic mass is 9.90. The smallest absolute Gasteiger partial charge is 0.414 e. The molecule has 1 aliphatic heterocycles. The summed E-state index contributed by atoms with van der Waals surface area (Å²) in [6.45, 7) is 6.05. The zero-order valence-corrected chi connectivity index (χ0v) is 22.0. The molecule has 0 fully saturated rings. The Labute approximate surface area is 215 Å². The molecule has 0 bridgehead atoms. The van der Waals surface area contributed by atoms with Crippen LogP contribution in [0, 0.1) is 0 Å². The van der Waals surface area contributed by atoms with E-state index in [1.807, 2.05) is 6.92 Å². The summed E-state index contributed by atoms with van der Waals surface area (Å²) in [5, 5.41) is 0.933. The van der Waals surface area contributed by atoms with Crippen molar-refractivity contribution in [2.45, 2.75) is 45.8 Å². The van der Waals surface area contributed by atoms with Crippen molar-refractivity contribution in [3.63, 3.8) is 0 Å². The Hall–Kier alpha value is -2.84. The first-order chi connectivity index (χ1) is 16.7. The van der Waals surface area contributed by atoms with Crippen LogP contribution >= 0.6 is 23.2 Å². The highest BCUT2D eigenvalue weighted by molar-refractivity contribution is 6.34. The number of fused-ring (bicyclic) bond motifs is 1. The van der Waals surface area contributed by atoms with E-state index < -0.39 is 18.2 Å². The van der Waals surface area contributed by atoms with Gasteiger partial charge in [0, 0.05) is 34.3 Å². The zero-order chi connectivity index (χ0) is 25.7. The Kier molecular flexibility index (Phi) is 8.97. The fourth-order valence-corrected chi connectivity index (χ4v) is 4.90. The third-order valence-corrected chi connectivity index (χ3v) is 6.21. The molecule has 35 heavy (non-hydrogen) atoms. The summed E-state index contributed by atoms with van der Waals surface area (Å²) < 4.78 is 21.8. The number of nitrogens with zero attached hydrogens (tertiary/aromatic N) is 2. The van der Waals surface area contributed by atoms with E-state index in [0.29, 0.717) is 39.2 Å². The molecule has 2 aromatic carbocycles. The second kappa shape index (κ2) is 11.7. The molecule has 1 aliphatic rings. The van der Waals surface area contributed by atoms with Crippen LogP contribution in [0.4, 0.5) is 15.3 Å². The van der Waals surface area contributed by atoms with Crippen molar-refractivity contribution in [3.8, 4) is 11.5 Å². The molecule has 190 valence electrons. The number of amides is 2. The Morgan fingerprint density at radius 1 is 0.971 bits per heavy atom. The number of benzene rings is 2. The van der Waals surface area contributed by atoms with E-state index in [9.17, 15) is 9.59 Å². The number of hydrogen-bond acceptors (Lipinski definition) is 6. The van der Waals surface area contributed by atoms with Crippen molar-refractivity contribution in [1.29, 1.82) is 0 Å². The van der Waals surface area contributed by atoms with Crippen molar-refractivity contribution in [2.24, 2.45) is 0 Å². The molecule has 8 nitrogen and oxygen atoms in total. The first-order valence-electron chi connectivity index (χ1n) is 11.3. The van der Waals surface area contributed by atoms with E-state index in [-0.39, 0.29) is 25.8 Å². The monoisotopic (exact) mass is 524 g/mol. The lowest BCUT2D eigenvalue weighted by Gasteiger charge is -2.42. The van der Waals surface area contributed by atoms with Gasteiger partial charge in [-0.1, -0.05) is 23.2 Å². The van der Waals surface area contributed by atoms with Gasteiger partial charge in [-0.05, 0) is 57.0 Å². The molecule has 0 radical (unpaired) electrons. The quantitative estimate of drug-likeness (QED) is 0.413. The minimum atomic E-state index is -0.494. The number of hydrogen-bond donors (Lipinski definition) is 0. The molecule has 0 aromatic heterocycles. The van der Waals surface area contributed by atoms with Crippen LogP contribution in [-0.2, 0) is 16.0 Å². The van der Waals surface area contributed by atoms with Crippen LogP contribution in [0.15, 0.2) is 30.3 Å². The maximum Gasteiger partial charge on any atom is 0.414 e. The van der Waals surface area contributed by atoms with E-state index in [4.69, 9.17) is 42.1 Å². The molecular formula is C25H30Cl2N2O6. The molecule has 2 amide bonds. The van der Waals surface area contributed by atoms with Crippen molar-refractivity contribution in [2.75, 3.05) is 32.3 Å². The average Bonchev–Trinajstić information content (AvgIpc) is 2.80. The number of ether oxygens (including phenoxy) is 4. The second-order valence-electron chi connectivity index (χ2n) is 8.04. The van der Waals surface area contributed by atoms with Crippen LogP contribution in [0.1, 0.15) is 44.4 Å². The first-order valence-corrected chi connectivity index (χ1v) is 12.1. The van der Waals surface area contributed by atoms with Crippen LogP contribution < -0.4 is 14.4 Å². The van der Waals surface area contributed by atoms with Gasteiger partial charge in [0.05, 0.1) is 39.2 Å². The number of rotatable bonds is 7. The normalized spacial score (nSPS) is 16.8. The third kappa shape index (κ3) is 5.87. The predicted molar refractivity (Wildman–Crippen MR) is 135 cm³/mol. The number of carbonyl (C=O) groups excluding carboxylic acids is 2. The third-order valence-electron chi connectivity index (χ3n) is 5.77. The lowest BCUT2D eigenvalue weighted by molar-refractivity contribution is 0.0809. The molecule has 2 unspecified atom stereocenters. The summed E-state index contributed by atoms with van der Waals surface area (Å²) in [6, 6.07) is 7.93. The number of methoxy groups -OCH3 is 2. The number of halogens is 2. The lowest BCUT2D eigenvalue weighted by Crippen LogP contribution is -2.47. The van der Waals surface area contributed by atoms with Gasteiger partial charge in [-0.15, -0.1) is 0 Å². The molecule has 0 aliphatic carbocycles. The minimum absolute atomic E-state index is 0.198. The van der Waals surface area contributed by atoms with Gasteiger partial charge in [-0.25, -0.2) is 9.59 Å². The van der Waals surface area contributed by atoms with Gasteiger partial charge in [0.1, 0.15) is 0 Å². The highest BCUT2D eigenvalue weighted by Crippen LogP contribution is 2.46. The van der Waals surface area contributed by atoms with E-state index >= 15 is 0 Å². The topological polar surface area (TPSA) is 77.5 Å². The van der Waals surface area contributed by atoms with Gasteiger partial charge in [-0.2, -0.15) is 0 Å². The SMILES string of the molecule is CCOC(=O)N(Cc1cc(Cl)cc(Cl)c1)C1CC(C)N(C(=O)OCC)c2cc(OC)c(OC)cc21. The van der Waals surface area contributed by atoms with Gasteiger partial charge in [-0.3, -0.25) is 9.80 Å². The Balaban J connectivity index is 2.16. The van der Waals surface area contributed by atoms with Crippen LogP contribution in [0.5, 0.6) is 11.5 Å². The fourth-order valence-electron chi connectivity index (χ4n) is 4.33. The van der Waals surface area contributed by atoms with Crippen molar-refractivity contribution < 1.29 is 28.5 Å². The summed E-state index contributed by atoms with van der Waals surface area (Å²) in [4.78, 5) is 29.3. The van der Waals surface area contributed by atoms with Crippen molar-refractivity contribution >= 4 is 41.1 Å². The Morgan fingerprint density at radius 2 is 1.57 bits per heavy atom. The van der Waals surface area contributed by atoms with Crippen molar-refractivity contribution in [3.05, 3.63) is 51.5 Å². The fraction of sp³-hybridized carbons (Fsp3) is 0.440. The standard InChI is InChI=1S/C25H30Cl2N2O6/c1-6-34-24(30)28(14-16-9-17(26)11-18(27)10-16)20-8-15(3)29(25(31)35-7-2)21-13-23(33-5)22(32-4)12-19(20)21/h9-13,15,20H,6-8,14H2,1-5H3. The van der Waals surface area contributed by atoms with Gasteiger partial charge >= 0.3 is 12.2 Å². The van der Waals surface area contributed by atoms with Gasteiger partial charge in [0.2, 0.25) is 0 Å². The highest BCUT2D eigenvalue weighted by Gasteiger charge is 2.40. The average molecular weight is 525 g/mol. The molecule has 0 spiro atoms. The Bertz CT molecular complexity index is 1060. The van der Waals surface area contributed by atoms with E-state index in [1.165, 1.54) is 14.2 Å². The summed E-state index contributed by atoms with van der Waals surface area (Å²) in [7, 11) is 3.06. The van der Waals surface area contributed by atoms with E-state index in [1.54, 1.807) is 54.0 Å². The van der Waals surface area contributed by atoms with E-state index in [2.05, 4.69) is 0 Å². The Morgan fingerprint density at radius 3 is 2.14 bits per heavy atom. The molecule has 0 saturated heterocycles. The maximum absolute atomic E-state index is 13.2. The molecular weight excluding hydrogens is 495 g/mol. The van der Waals surface area contributed by atoms with Crippen LogP contribution in [-0.4, -0.2) is 50.6 Å². The number of anilines is 1. The van der Waals surface area contributed by atoms with Gasteiger partial charge in [0.25, 0.3) is 0 Å². The van der Waals surface area contributed by atoms with Gasteiger partial charge in [0.15, 0.2) is 11.5 Å².